The van der Waals surface area contributed by atoms with Crippen LogP contribution in [-0.2, 0) is 15.9 Å². The molecule has 2 saturated heterocycles. The Morgan fingerprint density at radius 2 is 2.15 bits per heavy atom. The lowest BCUT2D eigenvalue weighted by molar-refractivity contribution is 0.257. The van der Waals surface area contributed by atoms with Gasteiger partial charge in [0.05, 0.1) is 12.1 Å². The van der Waals surface area contributed by atoms with E-state index in [0.29, 0.717) is 24.7 Å². The fourth-order valence-corrected chi connectivity index (χ4v) is 5.04. The summed E-state index contributed by atoms with van der Waals surface area (Å²) in [4.78, 5) is 2.41. The SMILES string of the molecule is O=S(=O)(c1[nH]ncc1CCl)N1CCCN2CCCC2C1. The summed E-state index contributed by atoms with van der Waals surface area (Å²) >= 11 is 5.79. The Balaban J connectivity index is 1.87. The van der Waals surface area contributed by atoms with Gasteiger partial charge in [-0.3, -0.25) is 10.00 Å². The zero-order chi connectivity index (χ0) is 14.2. The number of halogens is 1. The van der Waals surface area contributed by atoms with Gasteiger partial charge in [0.15, 0.2) is 5.03 Å². The van der Waals surface area contributed by atoms with E-state index in [1.54, 1.807) is 4.31 Å². The van der Waals surface area contributed by atoms with Crippen molar-refractivity contribution in [1.29, 1.82) is 0 Å². The van der Waals surface area contributed by atoms with Gasteiger partial charge in [0.2, 0.25) is 0 Å². The predicted octanol–water partition coefficient (Wildman–Crippen LogP) is 1.01. The Bertz CT molecular complexity index is 574. The van der Waals surface area contributed by atoms with Crippen LogP contribution in [0.1, 0.15) is 24.8 Å². The predicted molar refractivity (Wildman–Crippen MR) is 76.1 cm³/mol. The second-order valence-corrected chi connectivity index (χ2v) is 7.55. The molecular weight excluding hydrogens is 300 g/mol. The Morgan fingerprint density at radius 3 is 2.95 bits per heavy atom. The second kappa shape index (κ2) is 5.63. The molecule has 1 N–H and O–H groups in total. The molecule has 0 saturated carbocycles. The lowest BCUT2D eigenvalue weighted by atomic mass is 10.2. The van der Waals surface area contributed by atoms with E-state index in [9.17, 15) is 8.42 Å². The maximum Gasteiger partial charge on any atom is 0.260 e. The first-order valence-electron chi connectivity index (χ1n) is 6.95. The second-order valence-electron chi connectivity index (χ2n) is 5.41. The molecule has 1 unspecified atom stereocenters. The topological polar surface area (TPSA) is 69.3 Å². The zero-order valence-electron chi connectivity index (χ0n) is 11.3. The van der Waals surface area contributed by atoms with E-state index < -0.39 is 10.0 Å². The molecule has 0 aliphatic carbocycles. The molecular formula is C12H19ClN4O2S. The minimum Gasteiger partial charge on any atom is -0.299 e. The first-order valence-corrected chi connectivity index (χ1v) is 8.93. The van der Waals surface area contributed by atoms with Crippen molar-refractivity contribution in [3.8, 4) is 0 Å². The summed E-state index contributed by atoms with van der Waals surface area (Å²) in [6.07, 6.45) is 4.60. The van der Waals surface area contributed by atoms with Crippen LogP contribution >= 0.6 is 11.6 Å². The molecule has 3 rings (SSSR count). The average Bonchev–Trinajstić information content (AvgIpc) is 3.03. The van der Waals surface area contributed by atoms with Crippen molar-refractivity contribution in [2.24, 2.45) is 0 Å². The number of aromatic amines is 1. The average molecular weight is 319 g/mol. The third-order valence-electron chi connectivity index (χ3n) is 4.19. The van der Waals surface area contributed by atoms with E-state index in [4.69, 9.17) is 11.6 Å². The Labute approximate surface area is 124 Å². The van der Waals surface area contributed by atoms with Gasteiger partial charge >= 0.3 is 0 Å². The number of hydrogen-bond donors (Lipinski definition) is 1. The number of nitrogens with zero attached hydrogens (tertiary/aromatic N) is 3. The summed E-state index contributed by atoms with van der Waals surface area (Å²) in [5.74, 6) is 0.147. The highest BCUT2D eigenvalue weighted by molar-refractivity contribution is 7.89. The van der Waals surface area contributed by atoms with Crippen LogP contribution in [0.15, 0.2) is 11.2 Å². The molecule has 2 aliphatic rings. The first kappa shape index (κ1) is 14.3. The van der Waals surface area contributed by atoms with Gasteiger partial charge < -0.3 is 0 Å². The molecule has 0 amide bonds. The highest BCUT2D eigenvalue weighted by atomic mass is 35.5. The minimum absolute atomic E-state index is 0.147. The largest absolute Gasteiger partial charge is 0.299 e. The summed E-state index contributed by atoms with van der Waals surface area (Å²) in [5, 5.41) is 6.57. The highest BCUT2D eigenvalue weighted by Crippen LogP contribution is 2.26. The van der Waals surface area contributed by atoms with Gasteiger partial charge in [0, 0.05) is 24.7 Å². The van der Waals surface area contributed by atoms with Gasteiger partial charge in [-0.2, -0.15) is 9.40 Å². The number of hydrogen-bond acceptors (Lipinski definition) is 4. The smallest absolute Gasteiger partial charge is 0.260 e. The third-order valence-corrected chi connectivity index (χ3v) is 6.36. The van der Waals surface area contributed by atoms with Crippen LogP contribution in [0.2, 0.25) is 0 Å². The Morgan fingerprint density at radius 1 is 1.35 bits per heavy atom. The van der Waals surface area contributed by atoms with Gasteiger partial charge in [-0.1, -0.05) is 0 Å². The lowest BCUT2D eigenvalue weighted by Crippen LogP contribution is -2.40. The molecule has 1 aromatic rings. The van der Waals surface area contributed by atoms with Crippen LogP contribution < -0.4 is 0 Å². The van der Waals surface area contributed by atoms with Crippen LogP contribution in [0.3, 0.4) is 0 Å². The van der Waals surface area contributed by atoms with Gasteiger partial charge in [-0.15, -0.1) is 11.6 Å². The summed E-state index contributed by atoms with van der Waals surface area (Å²) < 4.78 is 27.1. The number of alkyl halides is 1. The molecule has 0 bridgehead atoms. The molecule has 0 aromatic carbocycles. The molecule has 0 spiro atoms. The quantitative estimate of drug-likeness (QED) is 0.844. The van der Waals surface area contributed by atoms with E-state index in [1.165, 1.54) is 6.20 Å². The fraction of sp³-hybridized carbons (Fsp3) is 0.750. The van der Waals surface area contributed by atoms with E-state index >= 15 is 0 Å². The number of H-pyrrole nitrogens is 1. The van der Waals surface area contributed by atoms with Crippen LogP contribution in [0, 0.1) is 0 Å². The maximum absolute atomic E-state index is 12.7. The van der Waals surface area contributed by atoms with Crippen molar-refractivity contribution in [3.05, 3.63) is 11.8 Å². The number of fused-ring (bicyclic) bond motifs is 1. The summed E-state index contributed by atoms with van der Waals surface area (Å²) in [7, 11) is -3.52. The van der Waals surface area contributed by atoms with Gasteiger partial charge in [-0.25, -0.2) is 8.42 Å². The van der Waals surface area contributed by atoms with Crippen LogP contribution in [-0.4, -0.2) is 60.0 Å². The zero-order valence-corrected chi connectivity index (χ0v) is 12.8. The molecule has 8 heteroatoms. The van der Waals surface area contributed by atoms with Crippen LogP contribution in [0.25, 0.3) is 0 Å². The lowest BCUT2D eigenvalue weighted by Gasteiger charge is -2.24. The Hall–Kier alpha value is -0.630. The van der Waals surface area contributed by atoms with E-state index in [-0.39, 0.29) is 10.9 Å². The highest BCUT2D eigenvalue weighted by Gasteiger charge is 2.35. The standard InChI is InChI=1S/C12H19ClN4O2S/c13-7-10-8-14-15-12(10)20(18,19)17-6-2-5-16-4-1-3-11(16)9-17/h8,11H,1-7,9H2,(H,14,15). The molecule has 1 atom stereocenters. The third kappa shape index (κ3) is 2.47. The summed E-state index contributed by atoms with van der Waals surface area (Å²) in [6.45, 7) is 3.22. The van der Waals surface area contributed by atoms with Gasteiger partial charge in [0.1, 0.15) is 0 Å². The van der Waals surface area contributed by atoms with Gasteiger partial charge in [-0.05, 0) is 32.4 Å². The van der Waals surface area contributed by atoms with Gasteiger partial charge in [0.25, 0.3) is 10.0 Å². The minimum atomic E-state index is -3.52. The monoisotopic (exact) mass is 318 g/mol. The van der Waals surface area contributed by atoms with Crippen molar-refractivity contribution in [2.45, 2.75) is 36.2 Å². The molecule has 0 radical (unpaired) electrons. The van der Waals surface area contributed by atoms with Crippen molar-refractivity contribution in [3.63, 3.8) is 0 Å². The number of rotatable bonds is 3. The van der Waals surface area contributed by atoms with E-state index in [1.807, 2.05) is 0 Å². The number of nitrogens with one attached hydrogen (secondary N) is 1. The van der Waals surface area contributed by atoms with E-state index in [0.717, 1.165) is 32.4 Å². The number of aromatic nitrogens is 2. The normalized spacial score (nSPS) is 25.6. The van der Waals surface area contributed by atoms with Crippen molar-refractivity contribution >= 4 is 21.6 Å². The van der Waals surface area contributed by atoms with Crippen LogP contribution in [0.5, 0.6) is 0 Å². The van der Waals surface area contributed by atoms with Crippen molar-refractivity contribution < 1.29 is 8.42 Å². The molecule has 3 heterocycles. The fourth-order valence-electron chi connectivity index (χ4n) is 3.14. The Kier molecular flexibility index (Phi) is 4.03. The molecule has 2 aliphatic heterocycles. The molecule has 6 nitrogen and oxygen atoms in total. The number of sulfonamides is 1. The van der Waals surface area contributed by atoms with Crippen molar-refractivity contribution in [2.75, 3.05) is 26.2 Å². The summed E-state index contributed by atoms with van der Waals surface area (Å²) in [5.41, 5.74) is 0.541. The molecule has 112 valence electrons. The van der Waals surface area contributed by atoms with E-state index in [2.05, 4.69) is 15.1 Å². The molecule has 20 heavy (non-hydrogen) atoms. The van der Waals surface area contributed by atoms with Crippen LogP contribution in [0.4, 0.5) is 0 Å². The first-order chi connectivity index (χ1) is 9.63. The maximum atomic E-state index is 12.7. The molecule has 2 fully saturated rings. The molecule has 1 aromatic heterocycles. The van der Waals surface area contributed by atoms with Crippen molar-refractivity contribution in [1.82, 2.24) is 19.4 Å². The summed E-state index contributed by atoms with van der Waals surface area (Å²) in [6, 6.07) is 0.356.